The number of hydrogen-bond donors (Lipinski definition) is 0. The van der Waals surface area contributed by atoms with Gasteiger partial charge in [0.1, 0.15) is 0 Å². The van der Waals surface area contributed by atoms with Crippen molar-refractivity contribution >= 4 is 51.7 Å². The molecule has 0 bridgehead atoms. The molecule has 0 amide bonds. The van der Waals surface area contributed by atoms with E-state index in [4.69, 9.17) is 4.99 Å². The summed E-state index contributed by atoms with van der Waals surface area (Å²) >= 11 is 3.60. The highest BCUT2D eigenvalue weighted by molar-refractivity contribution is 9.10. The Labute approximate surface area is 175 Å². The van der Waals surface area contributed by atoms with E-state index in [2.05, 4.69) is 107 Å². The molecule has 0 radical (unpaired) electrons. The standard InChI is InChI=1S/C25H19BrNP/c26-23-16-8-7-11-20(23)19-27-24-17-9-10-18-25(24)28(21-12-3-1-4-13-21)22-14-5-2-6-15-22/h1-19H. The van der Waals surface area contributed by atoms with E-state index in [1.165, 1.54) is 15.9 Å². The number of nitrogens with zero attached hydrogens (tertiary/aromatic N) is 1. The van der Waals surface area contributed by atoms with Gasteiger partial charge in [0.15, 0.2) is 0 Å². The molecule has 0 fully saturated rings. The first-order valence-electron chi connectivity index (χ1n) is 9.11. The van der Waals surface area contributed by atoms with Crippen LogP contribution in [0.3, 0.4) is 0 Å². The lowest BCUT2D eigenvalue weighted by Gasteiger charge is -2.20. The van der Waals surface area contributed by atoms with Gasteiger partial charge in [0.05, 0.1) is 5.69 Å². The molecule has 1 nitrogen and oxygen atoms in total. The van der Waals surface area contributed by atoms with Gasteiger partial charge in [-0.2, -0.15) is 0 Å². The van der Waals surface area contributed by atoms with Crippen molar-refractivity contribution in [1.29, 1.82) is 0 Å². The third kappa shape index (κ3) is 4.30. The van der Waals surface area contributed by atoms with Gasteiger partial charge in [-0.25, -0.2) is 0 Å². The largest absolute Gasteiger partial charge is 0.256 e. The maximum Gasteiger partial charge on any atom is 0.0713 e. The van der Waals surface area contributed by atoms with Crippen molar-refractivity contribution in [3.05, 3.63) is 119 Å². The quantitative estimate of drug-likeness (QED) is 0.266. The molecule has 0 saturated carbocycles. The van der Waals surface area contributed by atoms with Crippen LogP contribution in [0.1, 0.15) is 5.56 Å². The van der Waals surface area contributed by atoms with Gasteiger partial charge in [-0.1, -0.05) is 113 Å². The summed E-state index contributed by atoms with van der Waals surface area (Å²) < 4.78 is 1.05. The van der Waals surface area contributed by atoms with Crippen molar-refractivity contribution in [1.82, 2.24) is 0 Å². The number of para-hydroxylation sites is 1. The predicted molar refractivity (Wildman–Crippen MR) is 127 cm³/mol. The van der Waals surface area contributed by atoms with Gasteiger partial charge in [-0.05, 0) is 30.7 Å². The van der Waals surface area contributed by atoms with Crippen molar-refractivity contribution in [2.24, 2.45) is 4.99 Å². The highest BCUT2D eigenvalue weighted by Crippen LogP contribution is 2.36. The summed E-state index contributed by atoms with van der Waals surface area (Å²) in [6, 6.07) is 38.1. The fourth-order valence-electron chi connectivity index (χ4n) is 3.06. The first-order valence-corrected chi connectivity index (χ1v) is 11.2. The molecule has 0 N–H and O–H groups in total. The summed E-state index contributed by atoms with van der Waals surface area (Å²) in [5.74, 6) is 0. The van der Waals surface area contributed by atoms with Gasteiger partial charge in [0.25, 0.3) is 0 Å². The molecule has 0 saturated heterocycles. The predicted octanol–water partition coefficient (Wildman–Crippen LogP) is 5.96. The van der Waals surface area contributed by atoms with E-state index in [-0.39, 0.29) is 0 Å². The molecule has 0 aliphatic rings. The number of hydrogen-bond acceptors (Lipinski definition) is 1. The minimum absolute atomic E-state index is 0.680. The molecular weight excluding hydrogens is 425 g/mol. The van der Waals surface area contributed by atoms with Gasteiger partial charge in [-0.3, -0.25) is 4.99 Å². The smallest absolute Gasteiger partial charge is 0.0713 e. The van der Waals surface area contributed by atoms with Crippen LogP contribution in [0.5, 0.6) is 0 Å². The Bertz CT molecular complexity index is 1040. The van der Waals surface area contributed by atoms with Crippen molar-refractivity contribution in [2.75, 3.05) is 0 Å². The van der Waals surface area contributed by atoms with Crippen LogP contribution in [0.25, 0.3) is 0 Å². The Morgan fingerprint density at radius 1 is 0.607 bits per heavy atom. The fourth-order valence-corrected chi connectivity index (χ4v) is 5.84. The molecule has 28 heavy (non-hydrogen) atoms. The Kier molecular flexibility index (Phi) is 6.11. The van der Waals surface area contributed by atoms with Crippen LogP contribution in [0, 0.1) is 0 Å². The van der Waals surface area contributed by atoms with Crippen LogP contribution in [-0.4, -0.2) is 6.21 Å². The lowest BCUT2D eigenvalue weighted by molar-refractivity contribution is 1.54. The number of rotatable bonds is 5. The molecular formula is C25H19BrNP. The van der Waals surface area contributed by atoms with Crippen LogP contribution in [0.4, 0.5) is 5.69 Å². The zero-order chi connectivity index (χ0) is 19.2. The molecule has 0 atom stereocenters. The number of benzene rings is 4. The molecule has 0 aliphatic heterocycles. The van der Waals surface area contributed by atoms with E-state index in [0.717, 1.165) is 15.7 Å². The molecule has 0 aromatic heterocycles. The Morgan fingerprint density at radius 2 is 1.14 bits per heavy atom. The van der Waals surface area contributed by atoms with Crippen LogP contribution in [0.15, 0.2) is 119 Å². The van der Waals surface area contributed by atoms with E-state index in [0.29, 0.717) is 0 Å². The molecule has 4 aromatic rings. The molecule has 4 rings (SSSR count). The summed E-state index contributed by atoms with van der Waals surface area (Å²) in [6.45, 7) is 0. The lowest BCUT2D eigenvalue weighted by atomic mass is 10.2. The maximum atomic E-state index is 4.87. The SMILES string of the molecule is Brc1ccccc1C=Nc1ccccc1P(c1ccccc1)c1ccccc1. The Balaban J connectivity index is 1.81. The topological polar surface area (TPSA) is 12.4 Å². The maximum absolute atomic E-state index is 4.87. The minimum atomic E-state index is -0.680. The highest BCUT2D eigenvalue weighted by Gasteiger charge is 2.18. The average molecular weight is 444 g/mol. The second-order valence-corrected chi connectivity index (χ2v) is 9.31. The molecule has 4 aromatic carbocycles. The van der Waals surface area contributed by atoms with Gasteiger partial charge < -0.3 is 0 Å². The second kappa shape index (κ2) is 9.10. The van der Waals surface area contributed by atoms with Crippen molar-refractivity contribution < 1.29 is 0 Å². The lowest BCUT2D eigenvalue weighted by Crippen LogP contribution is -2.20. The van der Waals surface area contributed by atoms with Crippen molar-refractivity contribution in [3.63, 3.8) is 0 Å². The van der Waals surface area contributed by atoms with E-state index in [9.17, 15) is 0 Å². The zero-order valence-electron chi connectivity index (χ0n) is 15.2. The van der Waals surface area contributed by atoms with Gasteiger partial charge in [-0.15, -0.1) is 0 Å². The van der Waals surface area contributed by atoms with Crippen LogP contribution in [0.2, 0.25) is 0 Å². The van der Waals surface area contributed by atoms with Crippen LogP contribution >= 0.6 is 23.9 Å². The average Bonchev–Trinajstić information content (AvgIpc) is 2.76. The first-order chi connectivity index (χ1) is 13.8. The van der Waals surface area contributed by atoms with E-state index < -0.39 is 7.92 Å². The van der Waals surface area contributed by atoms with Crippen molar-refractivity contribution in [2.45, 2.75) is 0 Å². The monoisotopic (exact) mass is 443 g/mol. The van der Waals surface area contributed by atoms with E-state index in [1.807, 2.05) is 24.4 Å². The first kappa shape index (κ1) is 18.8. The zero-order valence-corrected chi connectivity index (χ0v) is 17.7. The summed E-state index contributed by atoms with van der Waals surface area (Å²) in [5, 5.41) is 3.91. The fraction of sp³-hybridized carbons (Fsp3) is 0. The van der Waals surface area contributed by atoms with Crippen molar-refractivity contribution in [3.8, 4) is 0 Å². The van der Waals surface area contributed by atoms with Gasteiger partial charge >= 0.3 is 0 Å². The summed E-state index contributed by atoms with van der Waals surface area (Å²) in [5.41, 5.74) is 2.08. The van der Waals surface area contributed by atoms with Gasteiger partial charge in [0.2, 0.25) is 0 Å². The third-order valence-electron chi connectivity index (χ3n) is 4.40. The number of halogens is 1. The van der Waals surface area contributed by atoms with Gasteiger partial charge in [0, 0.05) is 21.6 Å². The molecule has 0 spiro atoms. The highest BCUT2D eigenvalue weighted by atomic mass is 79.9. The second-order valence-electron chi connectivity index (χ2n) is 6.27. The van der Waals surface area contributed by atoms with Crippen LogP contribution in [-0.2, 0) is 0 Å². The molecule has 136 valence electrons. The summed E-state index contributed by atoms with van der Waals surface area (Å²) in [7, 11) is -0.680. The third-order valence-corrected chi connectivity index (χ3v) is 7.61. The number of aliphatic imine (C=N–C) groups is 1. The van der Waals surface area contributed by atoms with E-state index in [1.54, 1.807) is 0 Å². The van der Waals surface area contributed by atoms with E-state index >= 15 is 0 Å². The summed E-state index contributed by atoms with van der Waals surface area (Å²) in [4.78, 5) is 4.87. The molecule has 0 unspecified atom stereocenters. The minimum Gasteiger partial charge on any atom is -0.256 e. The molecule has 3 heteroatoms. The summed E-state index contributed by atoms with van der Waals surface area (Å²) in [6.07, 6.45) is 1.94. The molecule has 0 heterocycles. The Morgan fingerprint density at radius 3 is 1.79 bits per heavy atom. The molecule has 0 aliphatic carbocycles. The van der Waals surface area contributed by atoms with Crippen LogP contribution < -0.4 is 15.9 Å². The Hall–Kier alpha value is -2.54. The normalized spacial score (nSPS) is 11.2.